The van der Waals surface area contributed by atoms with Gasteiger partial charge in [-0.25, -0.2) is 4.79 Å². The van der Waals surface area contributed by atoms with E-state index in [-0.39, 0.29) is 5.75 Å². The van der Waals surface area contributed by atoms with Gasteiger partial charge in [-0.15, -0.1) is 0 Å². The summed E-state index contributed by atoms with van der Waals surface area (Å²) in [6, 6.07) is 15.2. The molecule has 0 saturated carbocycles. The molecular formula is C14H15NO4. The highest BCUT2D eigenvalue weighted by Crippen LogP contribution is 2.31. The van der Waals surface area contributed by atoms with Crippen LogP contribution in [0.25, 0.3) is 11.1 Å². The lowest BCUT2D eigenvalue weighted by Crippen LogP contribution is -1.98. The van der Waals surface area contributed by atoms with Crippen LogP contribution in [-0.4, -0.2) is 21.5 Å². The second-order valence-corrected chi connectivity index (χ2v) is 3.66. The molecule has 0 fully saturated rings. The Kier molecular flexibility index (Phi) is 5.37. The first kappa shape index (κ1) is 14.5. The molecule has 0 amide bonds. The van der Waals surface area contributed by atoms with Crippen LogP contribution in [0.1, 0.15) is 5.56 Å². The highest BCUT2D eigenvalue weighted by molar-refractivity contribution is 5.73. The molecule has 5 N–H and O–H groups in total. The standard InChI is InChI=1S/C13H13NO.CH2O3/c14-9-11-7-4-8-12(15)13(11)10-5-2-1-3-6-10;2-1(3)4/h1-8,15H,9,14H2;(H2,2,3,4). The summed E-state index contributed by atoms with van der Waals surface area (Å²) in [7, 11) is 0. The van der Waals surface area contributed by atoms with Gasteiger partial charge in [0.25, 0.3) is 0 Å². The van der Waals surface area contributed by atoms with E-state index < -0.39 is 6.16 Å². The van der Waals surface area contributed by atoms with Crippen LogP contribution in [0, 0.1) is 0 Å². The summed E-state index contributed by atoms with van der Waals surface area (Å²) in [5.74, 6) is 0.282. The molecule has 0 bridgehead atoms. The van der Waals surface area contributed by atoms with Crippen LogP contribution in [0.4, 0.5) is 4.79 Å². The van der Waals surface area contributed by atoms with Crippen LogP contribution < -0.4 is 5.73 Å². The Labute approximate surface area is 110 Å². The average molecular weight is 261 g/mol. The van der Waals surface area contributed by atoms with Crippen LogP contribution in [0.15, 0.2) is 48.5 Å². The monoisotopic (exact) mass is 261 g/mol. The lowest BCUT2D eigenvalue weighted by atomic mass is 9.99. The lowest BCUT2D eigenvalue weighted by Gasteiger charge is -2.09. The molecule has 100 valence electrons. The lowest BCUT2D eigenvalue weighted by molar-refractivity contribution is 0.137. The molecule has 0 atom stereocenters. The van der Waals surface area contributed by atoms with Crippen molar-refractivity contribution in [1.82, 2.24) is 0 Å². The van der Waals surface area contributed by atoms with E-state index in [1.165, 1.54) is 0 Å². The zero-order valence-corrected chi connectivity index (χ0v) is 10.2. The molecule has 0 radical (unpaired) electrons. The summed E-state index contributed by atoms with van der Waals surface area (Å²) in [4.78, 5) is 8.56. The van der Waals surface area contributed by atoms with Crippen LogP contribution in [0.3, 0.4) is 0 Å². The highest BCUT2D eigenvalue weighted by Gasteiger charge is 2.07. The minimum absolute atomic E-state index is 0.282. The molecule has 2 aromatic rings. The molecule has 0 aliphatic rings. The number of nitrogens with two attached hydrogens (primary N) is 1. The van der Waals surface area contributed by atoms with Crippen molar-refractivity contribution in [3.05, 3.63) is 54.1 Å². The molecule has 0 aliphatic heterocycles. The third-order valence-corrected chi connectivity index (χ3v) is 2.41. The van der Waals surface area contributed by atoms with Gasteiger partial charge in [0.15, 0.2) is 0 Å². The first-order valence-electron chi connectivity index (χ1n) is 5.54. The Hall–Kier alpha value is -2.53. The molecule has 5 nitrogen and oxygen atoms in total. The van der Waals surface area contributed by atoms with E-state index >= 15 is 0 Å². The molecule has 19 heavy (non-hydrogen) atoms. The maximum absolute atomic E-state index is 9.82. The Morgan fingerprint density at radius 3 is 2.11 bits per heavy atom. The van der Waals surface area contributed by atoms with Gasteiger partial charge >= 0.3 is 6.16 Å². The Balaban J connectivity index is 0.000000399. The number of carboxylic acid groups (broad SMARTS) is 2. The van der Waals surface area contributed by atoms with Gasteiger partial charge in [-0.2, -0.15) is 0 Å². The van der Waals surface area contributed by atoms with Crippen molar-refractivity contribution < 1.29 is 20.1 Å². The molecule has 0 spiro atoms. The second-order valence-electron chi connectivity index (χ2n) is 3.66. The summed E-state index contributed by atoms with van der Waals surface area (Å²) in [6.45, 7) is 0.429. The fourth-order valence-electron chi connectivity index (χ4n) is 1.69. The maximum atomic E-state index is 9.82. The van der Waals surface area contributed by atoms with Gasteiger partial charge in [0.2, 0.25) is 0 Å². The van der Waals surface area contributed by atoms with Gasteiger partial charge in [-0.1, -0.05) is 42.5 Å². The quantitative estimate of drug-likeness (QED) is 0.665. The molecule has 2 aromatic carbocycles. The topological polar surface area (TPSA) is 104 Å². The molecule has 0 heterocycles. The summed E-state index contributed by atoms with van der Waals surface area (Å²) < 4.78 is 0. The number of phenolic OH excluding ortho intramolecular Hbond substituents is 1. The molecule has 0 saturated heterocycles. The van der Waals surface area contributed by atoms with E-state index in [0.717, 1.165) is 16.7 Å². The van der Waals surface area contributed by atoms with Crippen LogP contribution in [0.2, 0.25) is 0 Å². The minimum Gasteiger partial charge on any atom is -0.507 e. The first-order chi connectivity index (χ1) is 9.06. The minimum atomic E-state index is -1.83. The second kappa shape index (κ2) is 7.03. The van der Waals surface area contributed by atoms with Crippen molar-refractivity contribution in [2.75, 3.05) is 0 Å². The van der Waals surface area contributed by atoms with Gasteiger partial charge in [-0.05, 0) is 17.2 Å². The Morgan fingerprint density at radius 2 is 1.58 bits per heavy atom. The molecule has 5 heteroatoms. The van der Waals surface area contributed by atoms with Crippen molar-refractivity contribution in [2.45, 2.75) is 6.54 Å². The largest absolute Gasteiger partial charge is 0.507 e. The fraction of sp³-hybridized carbons (Fsp3) is 0.0714. The SMILES string of the molecule is NCc1cccc(O)c1-c1ccccc1.O=C(O)O. The van der Waals surface area contributed by atoms with Gasteiger partial charge in [0, 0.05) is 12.1 Å². The van der Waals surface area contributed by atoms with Crippen molar-refractivity contribution in [3.8, 4) is 16.9 Å². The third kappa shape index (κ3) is 4.33. The smallest absolute Gasteiger partial charge is 0.503 e. The van der Waals surface area contributed by atoms with Gasteiger partial charge in [0.1, 0.15) is 5.75 Å². The van der Waals surface area contributed by atoms with E-state index in [2.05, 4.69) is 0 Å². The Bertz CT molecular complexity index is 536. The van der Waals surface area contributed by atoms with E-state index in [1.807, 2.05) is 42.5 Å². The van der Waals surface area contributed by atoms with E-state index in [0.29, 0.717) is 6.54 Å². The number of benzene rings is 2. The summed E-state index contributed by atoms with van der Waals surface area (Å²) >= 11 is 0. The van der Waals surface area contributed by atoms with E-state index in [4.69, 9.17) is 20.7 Å². The van der Waals surface area contributed by atoms with Crippen LogP contribution in [0.5, 0.6) is 5.75 Å². The number of hydrogen-bond donors (Lipinski definition) is 4. The zero-order valence-electron chi connectivity index (χ0n) is 10.2. The molecule has 0 aliphatic carbocycles. The number of aromatic hydroxyl groups is 1. The van der Waals surface area contributed by atoms with Crippen molar-refractivity contribution in [3.63, 3.8) is 0 Å². The predicted octanol–water partition coefficient (Wildman–Crippen LogP) is 2.74. The highest BCUT2D eigenvalue weighted by atomic mass is 16.6. The summed E-state index contributed by atoms with van der Waals surface area (Å²) in [5, 5.41) is 23.8. The summed E-state index contributed by atoms with van der Waals surface area (Å²) in [5.41, 5.74) is 8.44. The predicted molar refractivity (Wildman–Crippen MR) is 72.1 cm³/mol. The van der Waals surface area contributed by atoms with Crippen molar-refractivity contribution >= 4 is 6.16 Å². The van der Waals surface area contributed by atoms with E-state index in [1.54, 1.807) is 6.07 Å². The number of carbonyl (C=O) groups is 1. The van der Waals surface area contributed by atoms with Crippen molar-refractivity contribution in [1.29, 1.82) is 0 Å². The summed E-state index contributed by atoms with van der Waals surface area (Å²) in [6.07, 6.45) is -1.83. The molecule has 0 unspecified atom stereocenters. The van der Waals surface area contributed by atoms with Crippen molar-refractivity contribution in [2.24, 2.45) is 5.73 Å². The molecule has 2 rings (SSSR count). The number of hydrogen-bond acceptors (Lipinski definition) is 3. The van der Waals surface area contributed by atoms with Gasteiger partial charge in [0.05, 0.1) is 0 Å². The van der Waals surface area contributed by atoms with Gasteiger partial charge in [-0.3, -0.25) is 0 Å². The average Bonchev–Trinajstić information content (AvgIpc) is 2.38. The third-order valence-electron chi connectivity index (χ3n) is 2.41. The Morgan fingerprint density at radius 1 is 1.00 bits per heavy atom. The number of rotatable bonds is 2. The first-order valence-corrected chi connectivity index (χ1v) is 5.54. The number of phenols is 1. The fourth-order valence-corrected chi connectivity index (χ4v) is 1.69. The van der Waals surface area contributed by atoms with Crippen LogP contribution in [-0.2, 0) is 6.54 Å². The molecular weight excluding hydrogens is 246 g/mol. The van der Waals surface area contributed by atoms with E-state index in [9.17, 15) is 5.11 Å². The zero-order chi connectivity index (χ0) is 14.3. The normalized spacial score (nSPS) is 9.32. The van der Waals surface area contributed by atoms with Crippen LogP contribution >= 0.6 is 0 Å². The maximum Gasteiger partial charge on any atom is 0.503 e. The molecule has 0 aromatic heterocycles. The van der Waals surface area contributed by atoms with Gasteiger partial charge < -0.3 is 21.1 Å².